The summed E-state index contributed by atoms with van der Waals surface area (Å²) < 4.78 is 21.2. The standard InChI is InChI=1S/C18H17FN6O/c1-24-17(8-14(23-24)12-6-4-3-5-7-12)21-16-9-15(26-11-19)13-10-20-25(2)18(13)22-16/h3-10H,11H2,1-2H3,(H,21,22). The molecule has 1 aromatic carbocycles. The molecular weight excluding hydrogens is 335 g/mol. The number of pyridine rings is 1. The van der Waals surface area contributed by atoms with Crippen molar-refractivity contribution in [3.8, 4) is 17.0 Å². The molecule has 4 aromatic rings. The summed E-state index contributed by atoms with van der Waals surface area (Å²) in [4.78, 5) is 4.54. The van der Waals surface area contributed by atoms with Crippen molar-refractivity contribution < 1.29 is 9.13 Å². The predicted molar refractivity (Wildman–Crippen MR) is 97.0 cm³/mol. The van der Waals surface area contributed by atoms with E-state index in [4.69, 9.17) is 4.74 Å². The SMILES string of the molecule is Cn1nc(-c2ccccc2)cc1Nc1cc(OCF)c2cnn(C)c2n1. The molecule has 0 radical (unpaired) electrons. The lowest BCUT2D eigenvalue weighted by atomic mass is 10.2. The van der Waals surface area contributed by atoms with Crippen molar-refractivity contribution in [1.29, 1.82) is 0 Å². The minimum atomic E-state index is -0.919. The Morgan fingerprint density at radius 3 is 2.69 bits per heavy atom. The van der Waals surface area contributed by atoms with Gasteiger partial charge in [-0.3, -0.25) is 9.36 Å². The summed E-state index contributed by atoms with van der Waals surface area (Å²) in [7, 11) is 3.62. The van der Waals surface area contributed by atoms with Gasteiger partial charge in [-0.25, -0.2) is 9.37 Å². The fourth-order valence-corrected chi connectivity index (χ4v) is 2.79. The van der Waals surface area contributed by atoms with E-state index in [1.54, 1.807) is 28.7 Å². The van der Waals surface area contributed by atoms with Gasteiger partial charge < -0.3 is 10.1 Å². The van der Waals surface area contributed by atoms with E-state index in [0.29, 0.717) is 22.6 Å². The molecule has 0 atom stereocenters. The van der Waals surface area contributed by atoms with Crippen LogP contribution in [-0.2, 0) is 14.1 Å². The number of aromatic nitrogens is 5. The largest absolute Gasteiger partial charge is 0.462 e. The van der Waals surface area contributed by atoms with E-state index in [9.17, 15) is 4.39 Å². The smallest absolute Gasteiger partial charge is 0.228 e. The van der Waals surface area contributed by atoms with Crippen LogP contribution in [0, 0.1) is 0 Å². The first-order valence-corrected chi connectivity index (χ1v) is 8.03. The highest BCUT2D eigenvalue weighted by Crippen LogP contribution is 2.29. The number of rotatable bonds is 5. The fraction of sp³-hybridized carbons (Fsp3) is 0.167. The third-order valence-electron chi connectivity index (χ3n) is 4.08. The number of halogens is 1. The summed E-state index contributed by atoms with van der Waals surface area (Å²) >= 11 is 0. The molecule has 7 nitrogen and oxygen atoms in total. The van der Waals surface area contributed by atoms with Crippen molar-refractivity contribution in [3.63, 3.8) is 0 Å². The van der Waals surface area contributed by atoms with Crippen LogP contribution in [0.25, 0.3) is 22.3 Å². The molecule has 0 amide bonds. The van der Waals surface area contributed by atoms with E-state index in [-0.39, 0.29) is 0 Å². The quantitative estimate of drug-likeness (QED) is 0.596. The highest BCUT2D eigenvalue weighted by atomic mass is 19.1. The molecule has 3 heterocycles. The van der Waals surface area contributed by atoms with Crippen LogP contribution < -0.4 is 10.1 Å². The normalized spacial score (nSPS) is 11.0. The number of anilines is 2. The second-order valence-corrected chi connectivity index (χ2v) is 5.79. The summed E-state index contributed by atoms with van der Waals surface area (Å²) in [5, 5.41) is 12.6. The first kappa shape index (κ1) is 16.1. The molecule has 0 saturated heterocycles. The maximum absolute atomic E-state index is 12.7. The summed E-state index contributed by atoms with van der Waals surface area (Å²) in [6, 6.07) is 13.5. The first-order chi connectivity index (χ1) is 12.7. The van der Waals surface area contributed by atoms with Crippen LogP contribution in [-0.4, -0.2) is 31.4 Å². The van der Waals surface area contributed by atoms with Crippen molar-refractivity contribution >= 4 is 22.7 Å². The third kappa shape index (κ3) is 2.85. The van der Waals surface area contributed by atoms with Gasteiger partial charge >= 0.3 is 0 Å². The number of alkyl halides is 1. The molecule has 132 valence electrons. The molecule has 0 saturated carbocycles. The van der Waals surface area contributed by atoms with Crippen molar-refractivity contribution in [2.24, 2.45) is 14.1 Å². The Hall–Kier alpha value is -3.42. The van der Waals surface area contributed by atoms with E-state index in [2.05, 4.69) is 20.5 Å². The second kappa shape index (κ2) is 6.47. The van der Waals surface area contributed by atoms with Gasteiger partial charge in [-0.15, -0.1) is 0 Å². The average Bonchev–Trinajstić information content (AvgIpc) is 3.20. The van der Waals surface area contributed by atoms with Gasteiger partial charge in [0.25, 0.3) is 0 Å². The molecule has 4 rings (SSSR count). The van der Waals surface area contributed by atoms with Gasteiger partial charge in [0.1, 0.15) is 17.4 Å². The molecule has 0 aliphatic heterocycles. The van der Waals surface area contributed by atoms with Crippen LogP contribution in [0.4, 0.5) is 16.0 Å². The Balaban J connectivity index is 1.71. The highest BCUT2D eigenvalue weighted by molar-refractivity contribution is 5.84. The average molecular weight is 352 g/mol. The van der Waals surface area contributed by atoms with Crippen molar-refractivity contribution in [3.05, 3.63) is 48.7 Å². The van der Waals surface area contributed by atoms with Gasteiger partial charge in [0, 0.05) is 31.8 Å². The molecular formula is C18H17FN6O. The number of ether oxygens (including phenoxy) is 1. The molecule has 0 aliphatic rings. The van der Waals surface area contributed by atoms with Crippen LogP contribution >= 0.6 is 0 Å². The first-order valence-electron chi connectivity index (χ1n) is 8.03. The monoisotopic (exact) mass is 352 g/mol. The molecule has 1 N–H and O–H groups in total. The highest BCUT2D eigenvalue weighted by Gasteiger charge is 2.13. The fourth-order valence-electron chi connectivity index (χ4n) is 2.79. The molecule has 26 heavy (non-hydrogen) atoms. The van der Waals surface area contributed by atoms with Crippen LogP contribution in [0.15, 0.2) is 48.7 Å². The molecule has 3 aromatic heterocycles. The lowest BCUT2D eigenvalue weighted by Crippen LogP contribution is -2.03. The molecule has 0 spiro atoms. The van der Waals surface area contributed by atoms with Crippen LogP contribution in [0.2, 0.25) is 0 Å². The second-order valence-electron chi connectivity index (χ2n) is 5.79. The van der Waals surface area contributed by atoms with Crippen molar-refractivity contribution in [2.45, 2.75) is 0 Å². The van der Waals surface area contributed by atoms with Crippen molar-refractivity contribution in [2.75, 3.05) is 12.2 Å². The van der Waals surface area contributed by atoms with Gasteiger partial charge in [0.2, 0.25) is 6.86 Å². The molecule has 0 unspecified atom stereocenters. The van der Waals surface area contributed by atoms with Gasteiger partial charge in [-0.1, -0.05) is 30.3 Å². The lowest BCUT2D eigenvalue weighted by molar-refractivity contribution is 0.194. The summed E-state index contributed by atoms with van der Waals surface area (Å²) in [5.41, 5.74) is 2.47. The number of benzene rings is 1. The molecule has 0 fully saturated rings. The van der Waals surface area contributed by atoms with E-state index >= 15 is 0 Å². The Kier molecular flexibility index (Phi) is 4.00. The van der Waals surface area contributed by atoms with Crippen LogP contribution in [0.1, 0.15) is 0 Å². The van der Waals surface area contributed by atoms with Gasteiger partial charge in [0.05, 0.1) is 17.3 Å². The summed E-state index contributed by atoms with van der Waals surface area (Å²) in [6.07, 6.45) is 1.61. The number of hydrogen-bond donors (Lipinski definition) is 1. The van der Waals surface area contributed by atoms with Crippen LogP contribution in [0.5, 0.6) is 5.75 Å². The minimum absolute atomic E-state index is 0.388. The zero-order valence-electron chi connectivity index (χ0n) is 14.3. The topological polar surface area (TPSA) is 69.8 Å². The zero-order valence-corrected chi connectivity index (χ0v) is 14.3. The maximum Gasteiger partial charge on any atom is 0.228 e. The van der Waals surface area contributed by atoms with Gasteiger partial charge in [0.15, 0.2) is 5.65 Å². The van der Waals surface area contributed by atoms with E-state index in [1.165, 1.54) is 0 Å². The number of aryl methyl sites for hydroxylation is 2. The summed E-state index contributed by atoms with van der Waals surface area (Å²) in [6.45, 7) is -0.919. The number of fused-ring (bicyclic) bond motifs is 1. The maximum atomic E-state index is 12.7. The van der Waals surface area contributed by atoms with E-state index < -0.39 is 6.86 Å². The Morgan fingerprint density at radius 2 is 1.92 bits per heavy atom. The Labute approximate surface area is 149 Å². The number of nitrogens with zero attached hydrogens (tertiary/aromatic N) is 5. The van der Waals surface area contributed by atoms with Gasteiger partial charge in [-0.05, 0) is 0 Å². The number of nitrogens with one attached hydrogen (secondary N) is 1. The van der Waals surface area contributed by atoms with E-state index in [1.807, 2.05) is 43.4 Å². The lowest BCUT2D eigenvalue weighted by Gasteiger charge is -2.09. The minimum Gasteiger partial charge on any atom is -0.462 e. The van der Waals surface area contributed by atoms with Crippen LogP contribution in [0.3, 0.4) is 0 Å². The molecule has 0 bridgehead atoms. The van der Waals surface area contributed by atoms with E-state index in [0.717, 1.165) is 17.1 Å². The predicted octanol–water partition coefficient (Wildman–Crippen LogP) is 3.42. The van der Waals surface area contributed by atoms with Gasteiger partial charge in [-0.2, -0.15) is 10.2 Å². The Morgan fingerprint density at radius 1 is 1.12 bits per heavy atom. The van der Waals surface area contributed by atoms with Crippen molar-refractivity contribution in [1.82, 2.24) is 24.5 Å². The zero-order chi connectivity index (χ0) is 18.1. The molecule has 0 aliphatic carbocycles. The molecule has 8 heteroatoms. The summed E-state index contributed by atoms with van der Waals surface area (Å²) in [5.74, 6) is 1.66. The number of hydrogen-bond acceptors (Lipinski definition) is 5. The Bertz CT molecular complexity index is 1060. The third-order valence-corrected chi connectivity index (χ3v) is 4.08.